The summed E-state index contributed by atoms with van der Waals surface area (Å²) in [7, 11) is 0. The molecule has 0 aromatic heterocycles. The Morgan fingerprint density at radius 3 is 2.12 bits per heavy atom. The molecule has 59 heavy (non-hydrogen) atoms. The van der Waals surface area contributed by atoms with Crippen LogP contribution >= 0.6 is 0 Å². The lowest BCUT2D eigenvalue weighted by Crippen LogP contribution is -2.57. The van der Waals surface area contributed by atoms with Crippen LogP contribution in [-0.2, 0) is 32.2 Å². The van der Waals surface area contributed by atoms with Crippen molar-refractivity contribution in [3.05, 3.63) is 172 Å². The maximum Gasteiger partial charge on any atom is 0.346 e. The molecule has 0 bridgehead atoms. The number of nitrogens with zero attached hydrogens (tertiary/aromatic N) is 2. The van der Waals surface area contributed by atoms with Crippen molar-refractivity contribution < 1.29 is 38.5 Å². The van der Waals surface area contributed by atoms with E-state index in [0.717, 1.165) is 33.5 Å². The third kappa shape index (κ3) is 7.52. The normalized spacial score (nSPS) is 22.5. The number of fused-ring (bicyclic) bond motifs is 1. The van der Waals surface area contributed by atoms with Gasteiger partial charge in [-0.2, -0.15) is 0 Å². The molecule has 4 aliphatic heterocycles. The van der Waals surface area contributed by atoms with Crippen molar-refractivity contribution in [2.24, 2.45) is 0 Å². The minimum atomic E-state index is -0.762. The number of ether oxygens (including phenoxy) is 3. The third-order valence-electron chi connectivity index (χ3n) is 12.1. The van der Waals surface area contributed by atoms with Gasteiger partial charge >= 0.3 is 11.9 Å². The van der Waals surface area contributed by atoms with Crippen LogP contribution in [0.3, 0.4) is 0 Å². The maximum atomic E-state index is 13.5. The van der Waals surface area contributed by atoms with Crippen molar-refractivity contribution in [3.63, 3.8) is 0 Å². The number of aliphatic hydroxyl groups is 1. The average molecular weight is 793 g/mol. The van der Waals surface area contributed by atoms with Crippen molar-refractivity contribution in [3.8, 4) is 0 Å². The summed E-state index contributed by atoms with van der Waals surface area (Å²) >= 11 is 0. The molecule has 0 aliphatic carbocycles. The number of hydrogen-bond donors (Lipinski definition) is 3. The molecule has 1 unspecified atom stereocenters. The van der Waals surface area contributed by atoms with Crippen LogP contribution in [0, 0.1) is 0 Å². The van der Waals surface area contributed by atoms with E-state index in [4.69, 9.17) is 9.47 Å². The monoisotopic (exact) mass is 792 g/mol. The molecule has 300 valence electrons. The van der Waals surface area contributed by atoms with Crippen LogP contribution in [0.25, 0.3) is 0 Å². The number of cyclic esters (lactones) is 2. The van der Waals surface area contributed by atoms with E-state index in [1.165, 1.54) is 18.2 Å². The van der Waals surface area contributed by atoms with E-state index in [9.17, 15) is 24.3 Å². The Kier molecular flexibility index (Phi) is 10.5. The Bertz CT molecular complexity index is 2350. The first-order chi connectivity index (χ1) is 28.8. The van der Waals surface area contributed by atoms with Gasteiger partial charge < -0.3 is 39.8 Å². The molecule has 12 heteroatoms. The lowest BCUT2D eigenvalue weighted by molar-refractivity contribution is -0.264. The SMILES string of the molecule is O=C(NCc1ccc(C2O[C@H](CN3CCC4(CC3)C(=O)NCN4c3ccccc3)[C@@H](c3ccccc3)[C@H](c3ccc(CO)cc3)O2)cc1)c1ccc2c(c1)C(=O)OC2=O. The zero-order chi connectivity index (χ0) is 40.5. The Morgan fingerprint density at radius 2 is 1.41 bits per heavy atom. The van der Waals surface area contributed by atoms with Crippen molar-refractivity contribution in [1.82, 2.24) is 15.5 Å². The van der Waals surface area contributed by atoms with Gasteiger partial charge in [-0.3, -0.25) is 9.59 Å². The first kappa shape index (κ1) is 38.3. The highest BCUT2D eigenvalue weighted by atomic mass is 16.7. The molecule has 4 aliphatic rings. The van der Waals surface area contributed by atoms with Crippen LogP contribution in [-0.4, -0.2) is 71.7 Å². The molecule has 9 rings (SSSR count). The number of nitrogens with one attached hydrogen (secondary N) is 2. The summed E-state index contributed by atoms with van der Waals surface area (Å²) < 4.78 is 18.6. The summed E-state index contributed by atoms with van der Waals surface area (Å²) in [6.45, 7) is 2.70. The van der Waals surface area contributed by atoms with Crippen LogP contribution in [0.4, 0.5) is 5.69 Å². The molecule has 12 nitrogen and oxygen atoms in total. The molecule has 0 saturated carbocycles. The number of esters is 2. The number of benzene rings is 5. The highest BCUT2D eigenvalue weighted by Gasteiger charge is 2.51. The second-order valence-corrected chi connectivity index (χ2v) is 15.5. The number of piperidine rings is 1. The highest BCUT2D eigenvalue weighted by Crippen LogP contribution is 2.47. The Morgan fingerprint density at radius 1 is 0.746 bits per heavy atom. The number of rotatable bonds is 10. The van der Waals surface area contributed by atoms with Gasteiger partial charge in [-0.1, -0.05) is 97.1 Å². The van der Waals surface area contributed by atoms with Crippen molar-refractivity contribution in [2.45, 2.75) is 55.9 Å². The van der Waals surface area contributed by atoms with Gasteiger partial charge in [-0.05, 0) is 65.4 Å². The fourth-order valence-corrected chi connectivity index (χ4v) is 8.86. The van der Waals surface area contributed by atoms with Crippen LogP contribution in [0.1, 0.15) is 90.0 Å². The van der Waals surface area contributed by atoms with Crippen LogP contribution in [0.2, 0.25) is 0 Å². The second-order valence-electron chi connectivity index (χ2n) is 15.5. The van der Waals surface area contributed by atoms with Gasteiger partial charge in [0.25, 0.3) is 5.91 Å². The third-order valence-corrected chi connectivity index (χ3v) is 12.1. The Hall–Kier alpha value is -6.18. The summed E-state index contributed by atoms with van der Waals surface area (Å²) in [5.74, 6) is -1.97. The van der Waals surface area contributed by atoms with Crippen LogP contribution in [0.15, 0.2) is 127 Å². The topological polar surface area (TPSA) is 147 Å². The van der Waals surface area contributed by atoms with Crippen molar-refractivity contribution in [1.29, 1.82) is 0 Å². The van der Waals surface area contributed by atoms with Gasteiger partial charge in [0.15, 0.2) is 6.29 Å². The van der Waals surface area contributed by atoms with Gasteiger partial charge in [0.2, 0.25) is 5.91 Å². The minimum Gasteiger partial charge on any atom is -0.392 e. The highest BCUT2D eigenvalue weighted by molar-refractivity contribution is 6.15. The summed E-state index contributed by atoms with van der Waals surface area (Å²) in [6, 6.07) is 40.3. The second kappa shape index (κ2) is 16.2. The molecule has 4 heterocycles. The van der Waals surface area contributed by atoms with E-state index in [1.807, 2.05) is 84.9 Å². The summed E-state index contributed by atoms with van der Waals surface area (Å²) in [5.41, 5.74) is 5.42. The molecule has 0 radical (unpaired) electrons. The number of likely N-dealkylation sites (tertiary alicyclic amines) is 1. The van der Waals surface area contributed by atoms with Gasteiger partial charge in [0.1, 0.15) is 5.54 Å². The first-order valence-corrected chi connectivity index (χ1v) is 20.0. The van der Waals surface area contributed by atoms with E-state index in [-0.39, 0.29) is 47.8 Å². The van der Waals surface area contributed by atoms with Crippen LogP contribution in [0.5, 0.6) is 0 Å². The molecule has 5 aromatic rings. The maximum absolute atomic E-state index is 13.5. The number of carbonyl (C=O) groups excluding carboxylic acids is 4. The summed E-state index contributed by atoms with van der Waals surface area (Å²) in [4.78, 5) is 55.0. The fourth-order valence-electron chi connectivity index (χ4n) is 8.86. The van der Waals surface area contributed by atoms with E-state index in [1.54, 1.807) is 0 Å². The lowest BCUT2D eigenvalue weighted by atomic mass is 9.82. The van der Waals surface area contributed by atoms with Crippen molar-refractivity contribution >= 4 is 29.4 Å². The zero-order valence-electron chi connectivity index (χ0n) is 32.3. The predicted octanol–water partition coefficient (Wildman–Crippen LogP) is 5.79. The quantitative estimate of drug-likeness (QED) is 0.117. The Labute approximate surface area is 341 Å². The minimum absolute atomic E-state index is 0.0613. The Balaban J connectivity index is 0.953. The molecule has 2 amide bonds. The summed E-state index contributed by atoms with van der Waals surface area (Å²) in [6.07, 6.45) is -0.0456. The molecule has 5 aromatic carbocycles. The molecule has 3 saturated heterocycles. The molecule has 1 spiro atoms. The van der Waals surface area contributed by atoms with E-state index >= 15 is 0 Å². The molecular weight excluding hydrogens is 749 g/mol. The first-order valence-electron chi connectivity index (χ1n) is 20.0. The number of amides is 2. The number of para-hydroxylation sites is 1. The molecular formula is C47H44N4O8. The number of aliphatic hydroxyl groups excluding tert-OH is 1. The van der Waals surface area contributed by atoms with Gasteiger partial charge in [0.05, 0.1) is 36.6 Å². The smallest absolute Gasteiger partial charge is 0.346 e. The molecule has 3 N–H and O–H groups in total. The molecule has 4 atom stereocenters. The zero-order valence-corrected chi connectivity index (χ0v) is 32.3. The standard InChI is InChI=1S/C47H44N4O8/c52-28-31-13-15-33(16-14-31)41-40(32-7-3-1-4-8-32)39(27-50-23-21-47(22-24-50)46(56)49-29-51(47)36-9-5-2-6-10-36)57-45(58-41)34-17-11-30(12-18-34)26-48-42(53)35-19-20-37-38(25-35)44(55)59-43(37)54/h1-20,25,39-41,45,52H,21-24,26-29H2,(H,48,53)(H,49,56)/t39-,40-,41+,45?/m1/s1. The predicted molar refractivity (Wildman–Crippen MR) is 217 cm³/mol. The van der Waals surface area contributed by atoms with E-state index < -0.39 is 35.8 Å². The average Bonchev–Trinajstić information content (AvgIpc) is 3.76. The fraction of sp³-hybridized carbons (Fsp3) is 0.277. The number of hydrogen-bond acceptors (Lipinski definition) is 10. The molecule has 3 fully saturated rings. The number of carbonyl (C=O) groups is 4. The van der Waals surface area contributed by atoms with E-state index in [2.05, 4.69) is 49.4 Å². The van der Waals surface area contributed by atoms with Gasteiger partial charge in [-0.15, -0.1) is 0 Å². The number of anilines is 1. The van der Waals surface area contributed by atoms with Crippen molar-refractivity contribution in [2.75, 3.05) is 31.2 Å². The summed E-state index contributed by atoms with van der Waals surface area (Å²) in [5, 5.41) is 15.8. The van der Waals surface area contributed by atoms with Crippen LogP contribution < -0.4 is 15.5 Å². The van der Waals surface area contributed by atoms with Gasteiger partial charge in [0, 0.05) is 48.9 Å². The lowest BCUT2D eigenvalue weighted by Gasteiger charge is -2.47. The van der Waals surface area contributed by atoms with Gasteiger partial charge in [-0.25, -0.2) is 9.59 Å². The largest absolute Gasteiger partial charge is 0.392 e. The van der Waals surface area contributed by atoms with E-state index in [0.29, 0.717) is 39.1 Å².